The second kappa shape index (κ2) is 10.4. The molecule has 2 aromatic carbocycles. The van der Waals surface area contributed by atoms with E-state index >= 15 is 0 Å². The van der Waals surface area contributed by atoms with E-state index in [1.165, 1.54) is 0 Å². The van der Waals surface area contributed by atoms with Gasteiger partial charge in [-0.25, -0.2) is 0 Å². The van der Waals surface area contributed by atoms with E-state index in [4.69, 9.17) is 8.92 Å². The van der Waals surface area contributed by atoms with Gasteiger partial charge >= 0.3 is 0 Å². The van der Waals surface area contributed by atoms with Gasteiger partial charge in [-0.2, -0.15) is 8.42 Å². The molecule has 0 aliphatic carbocycles. The Bertz CT molecular complexity index is 905. The Morgan fingerprint density at radius 3 is 2.24 bits per heavy atom. The van der Waals surface area contributed by atoms with Gasteiger partial charge in [0, 0.05) is 25.1 Å². The fourth-order valence-electron chi connectivity index (χ4n) is 3.00. The van der Waals surface area contributed by atoms with Crippen molar-refractivity contribution in [3.63, 3.8) is 0 Å². The average Bonchev–Trinajstić information content (AvgIpc) is 2.67. The highest BCUT2D eigenvalue weighted by atomic mass is 32.2. The molecule has 2 aromatic rings. The number of amides is 1. The lowest BCUT2D eigenvalue weighted by atomic mass is 10.0. The zero-order chi connectivity index (χ0) is 21.4. The van der Waals surface area contributed by atoms with Crippen molar-refractivity contribution in [2.75, 3.05) is 26.0 Å². The van der Waals surface area contributed by atoms with Crippen LogP contribution in [0.25, 0.3) is 0 Å². The average molecular weight is 420 g/mol. The fraction of sp³-hybridized carbons (Fsp3) is 0.409. The second-order valence-electron chi connectivity index (χ2n) is 6.88. The van der Waals surface area contributed by atoms with Crippen LogP contribution in [-0.2, 0) is 20.7 Å². The summed E-state index contributed by atoms with van der Waals surface area (Å²) in [7, 11) is -3.52. The van der Waals surface area contributed by atoms with Crippen LogP contribution in [-0.4, -0.2) is 51.3 Å². The largest absolute Gasteiger partial charge is 0.491 e. The number of rotatable bonds is 10. The highest BCUT2D eigenvalue weighted by Gasteiger charge is 2.14. The minimum Gasteiger partial charge on any atom is -0.491 e. The van der Waals surface area contributed by atoms with Crippen molar-refractivity contribution < 1.29 is 22.1 Å². The van der Waals surface area contributed by atoms with E-state index in [9.17, 15) is 13.2 Å². The normalized spacial score (nSPS) is 12.4. The molecule has 0 aliphatic heterocycles. The maximum Gasteiger partial charge on any atom is 0.264 e. The molecule has 0 aromatic heterocycles. The number of hydrogen-bond acceptors (Lipinski definition) is 5. The molecule has 0 aliphatic rings. The summed E-state index contributed by atoms with van der Waals surface area (Å²) in [6.07, 6.45) is 1.08. The van der Waals surface area contributed by atoms with E-state index in [1.54, 1.807) is 11.8 Å². The molecule has 1 unspecified atom stereocenters. The molecule has 6 nitrogen and oxygen atoms in total. The lowest BCUT2D eigenvalue weighted by Gasteiger charge is -2.18. The first kappa shape index (κ1) is 22.9. The van der Waals surface area contributed by atoms with Crippen LogP contribution in [0.1, 0.15) is 42.3 Å². The third-order valence-electron chi connectivity index (χ3n) is 4.43. The molecule has 158 valence electrons. The fourth-order valence-corrected chi connectivity index (χ4v) is 3.65. The molecular formula is C22H29NO5S. The van der Waals surface area contributed by atoms with E-state index < -0.39 is 16.2 Å². The van der Waals surface area contributed by atoms with Crippen LogP contribution in [0.4, 0.5) is 0 Å². The summed E-state index contributed by atoms with van der Waals surface area (Å²) >= 11 is 0. The Labute approximate surface area is 173 Å². The molecule has 1 amide bonds. The van der Waals surface area contributed by atoms with E-state index in [0.29, 0.717) is 30.8 Å². The summed E-state index contributed by atoms with van der Waals surface area (Å²) in [5.41, 5.74) is 2.70. The zero-order valence-electron chi connectivity index (χ0n) is 17.4. The van der Waals surface area contributed by atoms with Crippen LogP contribution in [0, 0.1) is 0 Å². The molecule has 0 saturated heterocycles. The molecule has 0 heterocycles. The first-order valence-electron chi connectivity index (χ1n) is 9.70. The van der Waals surface area contributed by atoms with Gasteiger partial charge in [-0.1, -0.05) is 30.3 Å². The Morgan fingerprint density at radius 1 is 1.03 bits per heavy atom. The van der Waals surface area contributed by atoms with Crippen molar-refractivity contribution in [2.45, 2.75) is 33.3 Å². The van der Waals surface area contributed by atoms with E-state index in [-0.39, 0.29) is 12.5 Å². The first-order chi connectivity index (χ1) is 13.7. The van der Waals surface area contributed by atoms with Crippen molar-refractivity contribution in [3.05, 3.63) is 65.2 Å². The summed E-state index contributed by atoms with van der Waals surface area (Å²) in [6, 6.07) is 15.2. The maximum atomic E-state index is 12.4. The predicted octanol–water partition coefficient (Wildman–Crippen LogP) is 3.50. The quantitative estimate of drug-likeness (QED) is 0.551. The van der Waals surface area contributed by atoms with Crippen LogP contribution in [0.15, 0.2) is 48.5 Å². The molecular weight excluding hydrogens is 390 g/mol. The lowest BCUT2D eigenvalue weighted by molar-refractivity contribution is 0.0773. The topological polar surface area (TPSA) is 72.9 Å². The van der Waals surface area contributed by atoms with E-state index in [0.717, 1.165) is 17.4 Å². The maximum absolute atomic E-state index is 12.4. The molecule has 0 spiro atoms. The molecule has 0 N–H and O–H groups in total. The lowest BCUT2D eigenvalue weighted by Crippen LogP contribution is -2.30. The van der Waals surface area contributed by atoms with Gasteiger partial charge in [0.25, 0.3) is 16.0 Å². The summed E-state index contributed by atoms with van der Waals surface area (Å²) in [4.78, 5) is 14.2. The predicted molar refractivity (Wildman–Crippen MR) is 114 cm³/mol. The van der Waals surface area contributed by atoms with E-state index in [2.05, 4.69) is 0 Å². The molecule has 29 heavy (non-hydrogen) atoms. The number of carbonyl (C=O) groups is 1. The van der Waals surface area contributed by atoms with Gasteiger partial charge in [0.15, 0.2) is 0 Å². The Morgan fingerprint density at radius 2 is 1.66 bits per heavy atom. The standard InChI is InChI=1S/C22H29NO5S/c1-5-23(6-2)22(24)19-13-11-18(12-14-19)15-20-9-7-8-10-21(20)27-16-17(3)28-29(4,25)26/h7-14,17H,5-6,15-16H2,1-4H3. The van der Waals surface area contributed by atoms with Crippen molar-refractivity contribution >= 4 is 16.0 Å². The molecule has 0 bridgehead atoms. The van der Waals surface area contributed by atoms with Crippen molar-refractivity contribution in [2.24, 2.45) is 0 Å². The van der Waals surface area contributed by atoms with Gasteiger partial charge < -0.3 is 9.64 Å². The number of ether oxygens (including phenoxy) is 1. The third-order valence-corrected chi connectivity index (χ3v) is 5.11. The Kier molecular flexibility index (Phi) is 8.22. The van der Waals surface area contributed by atoms with Gasteiger partial charge in [-0.05, 0) is 50.1 Å². The Hall–Kier alpha value is -2.38. The summed E-state index contributed by atoms with van der Waals surface area (Å²) in [6.45, 7) is 7.08. The molecule has 7 heteroatoms. The van der Waals surface area contributed by atoms with Crippen LogP contribution < -0.4 is 4.74 Å². The minimum atomic E-state index is -3.52. The Balaban J connectivity index is 2.06. The first-order valence-corrected chi connectivity index (χ1v) is 11.5. The molecule has 0 radical (unpaired) electrons. The second-order valence-corrected chi connectivity index (χ2v) is 8.48. The van der Waals surface area contributed by atoms with Crippen LogP contribution in [0.2, 0.25) is 0 Å². The number of nitrogens with zero attached hydrogens (tertiary/aromatic N) is 1. The monoisotopic (exact) mass is 419 g/mol. The number of para-hydroxylation sites is 1. The summed E-state index contributed by atoms with van der Waals surface area (Å²) < 4.78 is 33.1. The zero-order valence-corrected chi connectivity index (χ0v) is 18.2. The van der Waals surface area contributed by atoms with Gasteiger partial charge in [-0.15, -0.1) is 0 Å². The number of benzene rings is 2. The van der Waals surface area contributed by atoms with Gasteiger partial charge in [0.05, 0.1) is 6.26 Å². The highest BCUT2D eigenvalue weighted by Crippen LogP contribution is 2.22. The number of carbonyl (C=O) groups excluding carboxylic acids is 1. The van der Waals surface area contributed by atoms with Crippen LogP contribution >= 0.6 is 0 Å². The van der Waals surface area contributed by atoms with Crippen LogP contribution in [0.5, 0.6) is 5.75 Å². The molecule has 0 fully saturated rings. The number of hydrogen-bond donors (Lipinski definition) is 0. The molecule has 1 atom stereocenters. The van der Waals surface area contributed by atoms with E-state index in [1.807, 2.05) is 62.4 Å². The van der Waals surface area contributed by atoms with Gasteiger partial charge in [0.1, 0.15) is 18.5 Å². The summed E-state index contributed by atoms with van der Waals surface area (Å²) in [5.74, 6) is 0.713. The van der Waals surface area contributed by atoms with Crippen molar-refractivity contribution in [3.8, 4) is 5.75 Å². The molecule has 0 saturated carbocycles. The SMILES string of the molecule is CCN(CC)C(=O)c1ccc(Cc2ccccc2OCC(C)OS(C)(=O)=O)cc1. The minimum absolute atomic E-state index is 0.0325. The smallest absolute Gasteiger partial charge is 0.264 e. The van der Waals surface area contributed by atoms with Crippen molar-refractivity contribution in [1.29, 1.82) is 0 Å². The van der Waals surface area contributed by atoms with Gasteiger partial charge in [-0.3, -0.25) is 8.98 Å². The highest BCUT2D eigenvalue weighted by molar-refractivity contribution is 7.86. The van der Waals surface area contributed by atoms with Crippen LogP contribution in [0.3, 0.4) is 0 Å². The molecule has 2 rings (SSSR count). The summed E-state index contributed by atoms with van der Waals surface area (Å²) in [5, 5.41) is 0. The third kappa shape index (κ3) is 7.18. The van der Waals surface area contributed by atoms with Gasteiger partial charge in [0.2, 0.25) is 0 Å². The van der Waals surface area contributed by atoms with Crippen molar-refractivity contribution in [1.82, 2.24) is 4.90 Å².